The maximum absolute atomic E-state index is 12.4. The Morgan fingerprint density at radius 3 is 2.06 bits per heavy atom. The van der Waals surface area contributed by atoms with Crippen LogP contribution in [0.1, 0.15) is 0 Å². The van der Waals surface area contributed by atoms with Gasteiger partial charge in [0.2, 0.25) is 5.91 Å². The molecule has 0 heterocycles. The van der Waals surface area contributed by atoms with E-state index in [4.69, 9.17) is 30.2 Å². The van der Waals surface area contributed by atoms with E-state index in [1.165, 1.54) is 20.3 Å². The van der Waals surface area contributed by atoms with Crippen LogP contribution < -0.4 is 79.6 Å². The van der Waals surface area contributed by atoms with Gasteiger partial charge in [0, 0.05) is 16.8 Å². The van der Waals surface area contributed by atoms with Crippen LogP contribution in [0.3, 0.4) is 0 Å². The molecule has 0 aromatic heterocycles. The molecule has 19 nitrogen and oxygen atoms in total. The van der Waals surface area contributed by atoms with Gasteiger partial charge < -0.3 is 44.2 Å². The normalized spacial score (nSPS) is 11.3. The summed E-state index contributed by atoms with van der Waals surface area (Å²) in [5.41, 5.74) is 14.8. The van der Waals surface area contributed by atoms with Crippen LogP contribution in [0.15, 0.2) is 79.7 Å². The Kier molecular flexibility index (Phi) is 17.4. The number of anilines is 2. The zero-order chi connectivity index (χ0) is 37.3. The minimum Gasteiger partial charge on any atom is -0.744 e. The van der Waals surface area contributed by atoms with Crippen molar-refractivity contribution < 1.29 is 114 Å². The third-order valence-electron chi connectivity index (χ3n) is 7.02. The molecular weight excluding hydrogens is 760 g/mol. The molecule has 0 aliphatic carbocycles. The fourth-order valence-electron chi connectivity index (χ4n) is 4.69. The fraction of sp³-hybridized carbons (Fsp3) is 0.233. The minimum absolute atomic E-state index is 0. The predicted molar refractivity (Wildman–Crippen MR) is 179 cm³/mol. The van der Waals surface area contributed by atoms with E-state index in [-0.39, 0.29) is 109 Å². The Morgan fingerprint density at radius 1 is 0.849 bits per heavy atom. The Bertz CT molecular complexity index is 2270. The third kappa shape index (κ3) is 11.7. The van der Waals surface area contributed by atoms with Crippen molar-refractivity contribution in [2.45, 2.75) is 9.79 Å². The number of amides is 1. The van der Waals surface area contributed by atoms with Gasteiger partial charge in [-0.3, -0.25) is 4.79 Å². The fourth-order valence-corrected chi connectivity index (χ4v) is 6.10. The number of carbonyl (C=O) groups is 1. The second-order valence-electron chi connectivity index (χ2n) is 10.2. The van der Waals surface area contributed by atoms with Crippen molar-refractivity contribution in [1.29, 1.82) is 0 Å². The minimum atomic E-state index is -5.35. The molecule has 4 N–H and O–H groups in total. The first-order valence-electron chi connectivity index (χ1n) is 14.4. The van der Waals surface area contributed by atoms with Gasteiger partial charge in [-0.1, -0.05) is 23.3 Å². The Morgan fingerprint density at radius 2 is 1.43 bits per heavy atom. The summed E-state index contributed by atoms with van der Waals surface area (Å²) in [5.74, 6) is -0.695. The van der Waals surface area contributed by atoms with Gasteiger partial charge in [-0.15, -0.1) is 10.2 Å². The van der Waals surface area contributed by atoms with Crippen molar-refractivity contribution in [2.75, 3.05) is 58.2 Å². The van der Waals surface area contributed by atoms with E-state index in [0.29, 0.717) is 28.6 Å². The number of carbonyl (C=O) groups excluding carboxylic acids is 1. The number of rotatable bonds is 16. The van der Waals surface area contributed by atoms with E-state index in [1.54, 1.807) is 30.3 Å². The van der Waals surface area contributed by atoms with Gasteiger partial charge >= 0.3 is 59.1 Å². The number of azo groups is 1. The number of benzene rings is 4. The van der Waals surface area contributed by atoms with Gasteiger partial charge in [-0.2, -0.15) is 0 Å². The molecular formula is C30H29N7Na2O12S2. The van der Waals surface area contributed by atoms with Crippen LogP contribution in [0.5, 0.6) is 17.2 Å². The van der Waals surface area contributed by atoms with Crippen molar-refractivity contribution in [2.24, 2.45) is 15.3 Å². The summed E-state index contributed by atoms with van der Waals surface area (Å²) in [6, 6.07) is 12.4. The number of nitrogens with two attached hydrogens (primary N) is 1. The SMILES string of the molecule is COc1cc(-c2ccc(NC(=O)COCCOCCN=[N+]=[N-])c(OC)c2)ccc1N=Nc1ccc2c(S(=O)(=O)[O-])cc(S(=O)(=O)[O-])c(N)c2c1O.[Na+].[Na+]. The van der Waals surface area contributed by atoms with Crippen molar-refractivity contribution >= 4 is 59.7 Å². The predicted octanol–water partition coefficient (Wildman–Crippen LogP) is -1.67. The van der Waals surface area contributed by atoms with Crippen molar-refractivity contribution in [3.63, 3.8) is 0 Å². The van der Waals surface area contributed by atoms with E-state index >= 15 is 0 Å². The smallest absolute Gasteiger partial charge is 0.744 e. The molecule has 0 aliphatic heterocycles. The molecule has 4 aromatic rings. The van der Waals surface area contributed by atoms with Crippen LogP contribution in [-0.2, 0) is 34.5 Å². The number of azide groups is 1. The zero-order valence-electron chi connectivity index (χ0n) is 28.8. The Balaban J connectivity index is 0.00000486. The van der Waals surface area contributed by atoms with Gasteiger partial charge in [-0.25, -0.2) is 16.8 Å². The molecule has 53 heavy (non-hydrogen) atoms. The van der Waals surface area contributed by atoms with Crippen LogP contribution in [0.2, 0.25) is 0 Å². The number of nitrogens with one attached hydrogen (secondary N) is 1. The first-order chi connectivity index (χ1) is 24.2. The maximum atomic E-state index is 12.4. The number of phenols is 1. The second kappa shape index (κ2) is 20.2. The number of aromatic hydroxyl groups is 1. The number of ether oxygens (including phenoxy) is 4. The summed E-state index contributed by atoms with van der Waals surface area (Å²) in [4.78, 5) is 12.7. The Hall–Kier alpha value is -3.54. The molecule has 0 spiro atoms. The third-order valence-corrected chi connectivity index (χ3v) is 8.77. The van der Waals surface area contributed by atoms with Crippen LogP contribution >= 0.6 is 0 Å². The molecule has 0 bridgehead atoms. The summed E-state index contributed by atoms with van der Waals surface area (Å²) in [6.07, 6.45) is 0. The summed E-state index contributed by atoms with van der Waals surface area (Å²) in [7, 11) is -7.86. The number of hydrogen-bond donors (Lipinski definition) is 3. The quantitative estimate of drug-likeness (QED) is 0.0218. The van der Waals surface area contributed by atoms with Crippen molar-refractivity contribution in [3.05, 3.63) is 65.0 Å². The van der Waals surface area contributed by atoms with E-state index in [2.05, 4.69) is 25.6 Å². The molecule has 0 radical (unpaired) electrons. The number of methoxy groups -OCH3 is 2. The number of fused-ring (bicyclic) bond motifs is 1. The molecule has 23 heteroatoms. The van der Waals surface area contributed by atoms with Gasteiger partial charge in [0.15, 0.2) is 5.75 Å². The van der Waals surface area contributed by atoms with Gasteiger partial charge in [0.25, 0.3) is 0 Å². The van der Waals surface area contributed by atoms with Gasteiger partial charge in [0.1, 0.15) is 49.7 Å². The average molecular weight is 790 g/mol. The summed E-state index contributed by atoms with van der Waals surface area (Å²) < 4.78 is 92.2. The van der Waals surface area contributed by atoms with Crippen LogP contribution in [-0.4, -0.2) is 84.1 Å². The molecule has 0 saturated heterocycles. The van der Waals surface area contributed by atoms with Crippen LogP contribution in [0, 0.1) is 0 Å². The topological polar surface area (TPSA) is 300 Å². The summed E-state index contributed by atoms with van der Waals surface area (Å²) >= 11 is 0. The molecule has 0 aliphatic rings. The first kappa shape index (κ1) is 45.6. The van der Waals surface area contributed by atoms with Crippen LogP contribution in [0.25, 0.3) is 32.3 Å². The molecule has 4 rings (SSSR count). The number of hydrogen-bond acceptors (Lipinski definition) is 16. The molecule has 4 aromatic carbocycles. The van der Waals surface area contributed by atoms with Crippen molar-refractivity contribution in [3.8, 4) is 28.4 Å². The van der Waals surface area contributed by atoms with E-state index in [9.17, 15) is 35.8 Å². The van der Waals surface area contributed by atoms with E-state index in [1.807, 2.05) is 0 Å². The standard InChI is InChI=1S/C30H31N7O12S2.2Na/c1-46-23-13-17(3-6-20(23)34-27(38)16-49-12-11-48-10-9-33-37-32)18-4-7-21(24(14-18)47-2)35-36-22-8-5-19-25(50(40,41)42)15-26(51(43,44)45)29(31)28(19)30(22)39;;/h3-8,13-15,39H,9-12,16,31H2,1-2H3,(H,34,38)(H,40,41,42)(H,43,44,45);;/q;2*+1/p-2. The monoisotopic (exact) mass is 789 g/mol. The average Bonchev–Trinajstić information content (AvgIpc) is 3.08. The zero-order valence-corrected chi connectivity index (χ0v) is 34.4. The largest absolute Gasteiger partial charge is 1.00 e. The second-order valence-corrected chi connectivity index (χ2v) is 12.9. The molecule has 0 atom stereocenters. The van der Waals surface area contributed by atoms with Gasteiger partial charge in [0.05, 0.1) is 60.6 Å². The number of nitrogens with zero attached hydrogens (tertiary/aromatic N) is 5. The van der Waals surface area contributed by atoms with Crippen molar-refractivity contribution in [1.82, 2.24) is 0 Å². The maximum Gasteiger partial charge on any atom is 1.00 e. The molecule has 1 amide bonds. The molecule has 0 fully saturated rings. The summed E-state index contributed by atoms with van der Waals surface area (Å²) in [5, 5.41) is 24.0. The first-order valence-corrected chi connectivity index (χ1v) is 17.3. The van der Waals surface area contributed by atoms with E-state index in [0.717, 1.165) is 12.1 Å². The number of nitrogen functional groups attached to an aromatic ring is 1. The van der Waals surface area contributed by atoms with Crippen LogP contribution in [0.4, 0.5) is 22.7 Å². The number of phenolic OH excluding ortho intramolecular Hbond substituents is 1. The van der Waals surface area contributed by atoms with E-state index < -0.39 is 58.1 Å². The Labute approximate surface area is 347 Å². The summed E-state index contributed by atoms with van der Waals surface area (Å²) in [6.45, 7) is 0.557. The molecule has 0 saturated carbocycles. The molecule has 0 unspecified atom stereocenters. The molecule has 270 valence electrons. The van der Waals surface area contributed by atoms with Gasteiger partial charge in [-0.05, 0) is 53.1 Å².